The lowest BCUT2D eigenvalue weighted by Gasteiger charge is -2.08. The predicted octanol–water partition coefficient (Wildman–Crippen LogP) is 5.62. The van der Waals surface area contributed by atoms with Crippen molar-refractivity contribution in [3.8, 4) is 0 Å². The van der Waals surface area contributed by atoms with Crippen LogP contribution in [-0.2, 0) is 6.18 Å². The molecule has 104 valence electrons. The Morgan fingerprint density at radius 1 is 1.16 bits per heavy atom. The number of benzene rings is 1. The molecule has 0 aliphatic heterocycles. The minimum atomic E-state index is -4.28. The molecule has 4 heteroatoms. The molecular formula is C15H17F3S. The number of halogens is 3. The van der Waals surface area contributed by atoms with Crippen LogP contribution in [0, 0.1) is 5.92 Å². The zero-order chi connectivity index (χ0) is 14.5. The summed E-state index contributed by atoms with van der Waals surface area (Å²) in [5.74, 6) is 0.451. The Morgan fingerprint density at radius 2 is 1.74 bits per heavy atom. The highest BCUT2D eigenvalue weighted by atomic mass is 32.2. The van der Waals surface area contributed by atoms with Crippen molar-refractivity contribution in [3.05, 3.63) is 53.6 Å². The number of allylic oxidation sites excluding steroid dienone is 3. The highest BCUT2D eigenvalue weighted by Gasteiger charge is 2.29. The van der Waals surface area contributed by atoms with Gasteiger partial charge in [-0.1, -0.05) is 38.1 Å². The van der Waals surface area contributed by atoms with Crippen molar-refractivity contribution in [2.24, 2.45) is 5.92 Å². The molecule has 1 rings (SSSR count). The van der Waals surface area contributed by atoms with Gasteiger partial charge < -0.3 is 0 Å². The third kappa shape index (κ3) is 5.15. The smallest absolute Gasteiger partial charge is 0.166 e. The summed E-state index contributed by atoms with van der Waals surface area (Å²) in [5, 5.41) is 0. The first-order valence-electron chi connectivity index (χ1n) is 5.94. The zero-order valence-electron chi connectivity index (χ0n) is 11.2. The fraction of sp³-hybridized carbons (Fsp3) is 0.333. The molecule has 0 atom stereocenters. The van der Waals surface area contributed by atoms with Gasteiger partial charge in [0.05, 0.1) is 5.56 Å². The van der Waals surface area contributed by atoms with Crippen molar-refractivity contribution in [3.63, 3.8) is 0 Å². The number of rotatable bonds is 4. The van der Waals surface area contributed by atoms with Crippen LogP contribution in [0.3, 0.4) is 0 Å². The molecule has 1 aromatic rings. The molecule has 0 amide bonds. The maximum absolute atomic E-state index is 12.5. The molecule has 0 saturated heterocycles. The van der Waals surface area contributed by atoms with Gasteiger partial charge in [-0.2, -0.15) is 13.2 Å². The van der Waals surface area contributed by atoms with Crippen LogP contribution in [0.4, 0.5) is 13.2 Å². The fourth-order valence-corrected chi connectivity index (χ4v) is 2.06. The molecule has 19 heavy (non-hydrogen) atoms. The van der Waals surface area contributed by atoms with Crippen LogP contribution in [-0.4, -0.2) is 6.26 Å². The van der Waals surface area contributed by atoms with Gasteiger partial charge in [0.2, 0.25) is 0 Å². The number of thioether (sulfide) groups is 1. The Kier molecular flexibility index (Phi) is 5.73. The summed E-state index contributed by atoms with van der Waals surface area (Å²) < 4.78 is 37.4. The maximum atomic E-state index is 12.5. The van der Waals surface area contributed by atoms with Gasteiger partial charge in [0.15, 0.2) is 0 Å². The minimum Gasteiger partial charge on any atom is -0.166 e. The van der Waals surface area contributed by atoms with Gasteiger partial charge >= 0.3 is 6.18 Å². The van der Waals surface area contributed by atoms with Crippen LogP contribution in [0.1, 0.15) is 25.0 Å². The molecule has 1 aromatic carbocycles. The van der Waals surface area contributed by atoms with Gasteiger partial charge in [0, 0.05) is 4.91 Å². The Labute approximate surface area is 116 Å². The highest BCUT2D eigenvalue weighted by molar-refractivity contribution is 8.07. The van der Waals surface area contributed by atoms with E-state index in [0.29, 0.717) is 5.92 Å². The highest BCUT2D eigenvalue weighted by Crippen LogP contribution is 2.31. The van der Waals surface area contributed by atoms with Crippen molar-refractivity contribution in [2.45, 2.75) is 20.0 Å². The van der Waals surface area contributed by atoms with E-state index in [9.17, 15) is 13.2 Å². The first-order valence-corrected chi connectivity index (χ1v) is 7.17. The van der Waals surface area contributed by atoms with E-state index in [2.05, 4.69) is 13.8 Å². The Balaban J connectivity index is 2.94. The van der Waals surface area contributed by atoms with E-state index >= 15 is 0 Å². The number of hydrogen-bond acceptors (Lipinski definition) is 1. The van der Waals surface area contributed by atoms with Crippen LogP contribution >= 0.6 is 11.8 Å². The van der Waals surface area contributed by atoms with Gasteiger partial charge in [-0.05, 0) is 35.9 Å². The molecule has 0 aliphatic rings. The van der Waals surface area contributed by atoms with Crippen molar-refractivity contribution in [2.75, 3.05) is 6.26 Å². The second-order valence-corrected chi connectivity index (χ2v) is 5.29. The molecule has 0 radical (unpaired) electrons. The van der Waals surface area contributed by atoms with Gasteiger partial charge in [-0.3, -0.25) is 0 Å². The van der Waals surface area contributed by atoms with Crippen LogP contribution < -0.4 is 0 Å². The topological polar surface area (TPSA) is 0 Å². The fourth-order valence-electron chi connectivity index (χ4n) is 1.47. The second-order valence-electron chi connectivity index (χ2n) is 4.44. The van der Waals surface area contributed by atoms with E-state index in [-0.39, 0.29) is 0 Å². The molecule has 0 fully saturated rings. The Bertz CT molecular complexity index is 453. The van der Waals surface area contributed by atoms with Crippen molar-refractivity contribution >= 4 is 16.7 Å². The molecule has 0 unspecified atom stereocenters. The molecule has 0 heterocycles. The summed E-state index contributed by atoms with van der Waals surface area (Å²) in [7, 11) is 0. The largest absolute Gasteiger partial charge is 0.416 e. The summed E-state index contributed by atoms with van der Waals surface area (Å²) >= 11 is 1.52. The van der Waals surface area contributed by atoms with E-state index in [1.807, 2.05) is 24.5 Å². The molecule has 0 spiro atoms. The molecule has 0 bridgehead atoms. The molecule has 0 saturated carbocycles. The number of hydrogen-bond donors (Lipinski definition) is 0. The summed E-state index contributed by atoms with van der Waals surface area (Å²) in [5.41, 5.74) is 0.184. The quantitative estimate of drug-likeness (QED) is 0.647. The summed E-state index contributed by atoms with van der Waals surface area (Å²) in [6.45, 7) is 4.14. The normalized spacial score (nSPS) is 13.5. The Hall–Kier alpha value is -1.16. The minimum absolute atomic E-state index is 0.451. The molecule has 0 nitrogen and oxygen atoms in total. The van der Waals surface area contributed by atoms with E-state index in [4.69, 9.17) is 0 Å². The lowest BCUT2D eigenvalue weighted by molar-refractivity contribution is -0.137. The molecule has 0 aliphatic carbocycles. The van der Waals surface area contributed by atoms with Crippen molar-refractivity contribution in [1.29, 1.82) is 0 Å². The molecule has 0 aromatic heterocycles. The lowest BCUT2D eigenvalue weighted by Crippen LogP contribution is -2.04. The Morgan fingerprint density at radius 3 is 2.16 bits per heavy atom. The van der Waals surface area contributed by atoms with E-state index in [0.717, 1.165) is 22.6 Å². The second kappa shape index (κ2) is 6.85. The maximum Gasteiger partial charge on any atom is 0.416 e. The van der Waals surface area contributed by atoms with E-state index in [1.54, 1.807) is 0 Å². The number of alkyl halides is 3. The van der Waals surface area contributed by atoms with Gasteiger partial charge in [-0.25, -0.2) is 0 Å². The summed E-state index contributed by atoms with van der Waals surface area (Å²) in [6.07, 6.45) is 3.54. The van der Waals surface area contributed by atoms with E-state index < -0.39 is 11.7 Å². The first-order chi connectivity index (χ1) is 8.84. The predicted molar refractivity (Wildman–Crippen MR) is 76.9 cm³/mol. The van der Waals surface area contributed by atoms with E-state index in [1.165, 1.54) is 23.9 Å². The molecular weight excluding hydrogens is 269 g/mol. The SMILES string of the molecule is CS/C(=C\C=C\C(C)C)c1ccc(C(F)(F)F)cc1. The van der Waals surface area contributed by atoms with Crippen LogP contribution in [0.15, 0.2) is 42.5 Å². The van der Waals surface area contributed by atoms with Crippen molar-refractivity contribution in [1.82, 2.24) is 0 Å². The standard InChI is InChI=1S/C15H17F3S/c1-11(2)5-4-6-14(19-3)12-7-9-13(10-8-12)15(16,17)18/h4-11H,1-3H3/b5-4+,14-6-. The third-order valence-corrected chi connectivity index (χ3v) is 3.27. The lowest BCUT2D eigenvalue weighted by atomic mass is 10.1. The van der Waals surface area contributed by atoms with Gasteiger partial charge in [-0.15, -0.1) is 11.8 Å². The summed E-state index contributed by atoms with van der Waals surface area (Å²) in [6, 6.07) is 5.25. The van der Waals surface area contributed by atoms with Gasteiger partial charge in [0.25, 0.3) is 0 Å². The summed E-state index contributed by atoms with van der Waals surface area (Å²) in [4.78, 5) is 0.950. The van der Waals surface area contributed by atoms with Crippen LogP contribution in [0.5, 0.6) is 0 Å². The van der Waals surface area contributed by atoms with Gasteiger partial charge in [0.1, 0.15) is 0 Å². The average Bonchev–Trinajstić information content (AvgIpc) is 2.33. The molecule has 0 N–H and O–H groups in total. The monoisotopic (exact) mass is 286 g/mol. The zero-order valence-corrected chi connectivity index (χ0v) is 12.0. The van der Waals surface area contributed by atoms with Crippen LogP contribution in [0.25, 0.3) is 4.91 Å². The van der Waals surface area contributed by atoms with Crippen molar-refractivity contribution < 1.29 is 13.2 Å². The van der Waals surface area contributed by atoms with Crippen LogP contribution in [0.2, 0.25) is 0 Å². The first kappa shape index (κ1) is 15.9. The third-order valence-electron chi connectivity index (χ3n) is 2.46. The average molecular weight is 286 g/mol.